The molecule has 2 aromatic rings. The van der Waals surface area contributed by atoms with Crippen LogP contribution in [-0.4, -0.2) is 4.98 Å². The van der Waals surface area contributed by atoms with Gasteiger partial charge in [0.1, 0.15) is 16.6 Å². The number of benzene rings is 1. The van der Waals surface area contributed by atoms with Crippen molar-refractivity contribution in [2.75, 3.05) is 0 Å². The molecule has 1 heterocycles. The lowest BCUT2D eigenvalue weighted by atomic mass is 10.2. The molecule has 0 bridgehead atoms. The predicted molar refractivity (Wildman–Crippen MR) is 61.6 cm³/mol. The van der Waals surface area contributed by atoms with Gasteiger partial charge in [0, 0.05) is 11.1 Å². The van der Waals surface area contributed by atoms with Gasteiger partial charge in [0.15, 0.2) is 0 Å². The highest BCUT2D eigenvalue weighted by atomic mass is 32.1. The first-order chi connectivity index (χ1) is 7.59. The van der Waals surface area contributed by atoms with Crippen molar-refractivity contribution in [3.63, 3.8) is 0 Å². The molecule has 0 saturated heterocycles. The number of rotatable bonds is 2. The first kappa shape index (κ1) is 11.2. The summed E-state index contributed by atoms with van der Waals surface area (Å²) >= 11 is 1.33. The molecule has 1 aromatic carbocycles. The van der Waals surface area contributed by atoms with Crippen molar-refractivity contribution in [3.05, 3.63) is 40.9 Å². The Morgan fingerprint density at radius 3 is 2.31 bits per heavy atom. The summed E-state index contributed by atoms with van der Waals surface area (Å²) in [4.78, 5) is 5.09. The van der Waals surface area contributed by atoms with Crippen LogP contribution in [0.15, 0.2) is 24.4 Å². The minimum Gasteiger partial charge on any atom is -0.244 e. The van der Waals surface area contributed by atoms with Crippen LogP contribution in [0.2, 0.25) is 0 Å². The lowest BCUT2D eigenvalue weighted by molar-refractivity contribution is 0.589. The third-order valence-electron chi connectivity index (χ3n) is 2.27. The van der Waals surface area contributed by atoms with Crippen LogP contribution in [0.4, 0.5) is 8.78 Å². The molecule has 0 atom stereocenters. The van der Waals surface area contributed by atoms with E-state index >= 15 is 0 Å². The van der Waals surface area contributed by atoms with Gasteiger partial charge in [-0.3, -0.25) is 0 Å². The van der Waals surface area contributed by atoms with E-state index in [0.717, 1.165) is 4.88 Å². The van der Waals surface area contributed by atoms with Crippen molar-refractivity contribution in [1.82, 2.24) is 4.98 Å². The molecule has 16 heavy (non-hydrogen) atoms. The van der Waals surface area contributed by atoms with Crippen molar-refractivity contribution >= 4 is 11.3 Å². The van der Waals surface area contributed by atoms with Gasteiger partial charge in [-0.1, -0.05) is 19.9 Å². The average molecular weight is 239 g/mol. The first-order valence-corrected chi connectivity index (χ1v) is 5.81. The molecule has 0 fully saturated rings. The van der Waals surface area contributed by atoms with Gasteiger partial charge in [-0.15, -0.1) is 11.3 Å². The highest BCUT2D eigenvalue weighted by Gasteiger charge is 2.15. The molecule has 0 radical (unpaired) electrons. The molecule has 0 aliphatic heterocycles. The van der Waals surface area contributed by atoms with Crippen molar-refractivity contribution in [2.45, 2.75) is 19.8 Å². The second-order valence-electron chi connectivity index (χ2n) is 3.82. The number of hydrogen-bond donors (Lipinski definition) is 0. The molecule has 0 amide bonds. The summed E-state index contributed by atoms with van der Waals surface area (Å²) in [5.41, 5.74) is -0.0283. The quantitative estimate of drug-likeness (QED) is 0.765. The Bertz CT molecular complexity index is 485. The molecule has 1 aromatic heterocycles. The number of hydrogen-bond acceptors (Lipinski definition) is 2. The molecule has 0 aliphatic carbocycles. The SMILES string of the molecule is CC(C)c1cnc(-c2c(F)cccc2F)s1. The van der Waals surface area contributed by atoms with E-state index in [1.165, 1.54) is 29.5 Å². The number of nitrogens with zero attached hydrogens (tertiary/aromatic N) is 1. The predicted octanol–water partition coefficient (Wildman–Crippen LogP) is 4.21. The number of aromatic nitrogens is 1. The lowest BCUT2D eigenvalue weighted by Gasteiger charge is -2.00. The van der Waals surface area contributed by atoms with Gasteiger partial charge in [0.05, 0.1) is 5.56 Å². The van der Waals surface area contributed by atoms with Crippen molar-refractivity contribution < 1.29 is 8.78 Å². The van der Waals surface area contributed by atoms with Crippen LogP contribution in [-0.2, 0) is 0 Å². The zero-order valence-corrected chi connectivity index (χ0v) is 9.81. The molecule has 0 N–H and O–H groups in total. The van der Waals surface area contributed by atoms with Gasteiger partial charge in [0.25, 0.3) is 0 Å². The van der Waals surface area contributed by atoms with E-state index < -0.39 is 11.6 Å². The summed E-state index contributed by atoms with van der Waals surface area (Å²) < 4.78 is 26.9. The van der Waals surface area contributed by atoms with Crippen LogP contribution in [0.1, 0.15) is 24.6 Å². The van der Waals surface area contributed by atoms with Crippen molar-refractivity contribution in [2.24, 2.45) is 0 Å². The standard InChI is InChI=1S/C12H11F2NS/c1-7(2)10-6-15-12(16-10)11-8(13)4-3-5-9(11)14/h3-7H,1-2H3. The lowest BCUT2D eigenvalue weighted by Crippen LogP contribution is -1.87. The summed E-state index contributed by atoms with van der Waals surface area (Å²) in [5, 5.41) is 0.402. The van der Waals surface area contributed by atoms with Gasteiger partial charge in [-0.25, -0.2) is 13.8 Å². The van der Waals surface area contributed by atoms with Gasteiger partial charge in [-0.2, -0.15) is 0 Å². The normalized spacial score (nSPS) is 11.1. The van der Waals surface area contributed by atoms with E-state index in [0.29, 0.717) is 10.9 Å². The Hall–Kier alpha value is -1.29. The molecule has 2 rings (SSSR count). The van der Waals surface area contributed by atoms with E-state index in [-0.39, 0.29) is 5.56 Å². The summed E-state index contributed by atoms with van der Waals surface area (Å²) in [6.45, 7) is 4.05. The second kappa shape index (κ2) is 4.29. The Kier molecular flexibility index (Phi) is 3.01. The third-order valence-corrected chi connectivity index (χ3v) is 3.58. The molecule has 0 spiro atoms. The Morgan fingerprint density at radius 2 is 1.81 bits per heavy atom. The van der Waals surface area contributed by atoms with E-state index in [1.54, 1.807) is 6.20 Å². The van der Waals surface area contributed by atoms with Gasteiger partial charge in [-0.05, 0) is 18.1 Å². The van der Waals surface area contributed by atoms with Crippen LogP contribution in [0.3, 0.4) is 0 Å². The smallest absolute Gasteiger partial charge is 0.136 e. The monoisotopic (exact) mass is 239 g/mol. The molecule has 0 saturated carbocycles. The minimum absolute atomic E-state index is 0.0283. The summed E-state index contributed by atoms with van der Waals surface area (Å²) in [6.07, 6.45) is 1.68. The summed E-state index contributed by atoms with van der Waals surface area (Å²) in [7, 11) is 0. The maximum atomic E-state index is 13.5. The van der Waals surface area contributed by atoms with Crippen LogP contribution in [0.25, 0.3) is 10.6 Å². The molecular weight excluding hydrogens is 228 g/mol. The fourth-order valence-corrected chi connectivity index (χ4v) is 2.34. The highest BCUT2D eigenvalue weighted by Crippen LogP contribution is 2.32. The van der Waals surface area contributed by atoms with Crippen LogP contribution < -0.4 is 0 Å². The zero-order valence-electron chi connectivity index (χ0n) is 9.00. The summed E-state index contributed by atoms with van der Waals surface area (Å²) in [6, 6.07) is 3.84. The maximum Gasteiger partial charge on any atom is 0.136 e. The van der Waals surface area contributed by atoms with E-state index in [2.05, 4.69) is 4.98 Å². The van der Waals surface area contributed by atoms with Gasteiger partial charge >= 0.3 is 0 Å². The maximum absolute atomic E-state index is 13.5. The van der Waals surface area contributed by atoms with Crippen LogP contribution >= 0.6 is 11.3 Å². The average Bonchev–Trinajstić information content (AvgIpc) is 2.66. The number of thiazole rings is 1. The zero-order chi connectivity index (χ0) is 11.7. The molecular formula is C12H11F2NS. The van der Waals surface area contributed by atoms with Gasteiger partial charge in [0.2, 0.25) is 0 Å². The van der Waals surface area contributed by atoms with Crippen molar-refractivity contribution in [1.29, 1.82) is 0 Å². The Morgan fingerprint density at radius 1 is 1.19 bits per heavy atom. The Labute approximate surface area is 96.8 Å². The molecule has 4 heteroatoms. The van der Waals surface area contributed by atoms with Crippen LogP contribution in [0.5, 0.6) is 0 Å². The number of halogens is 2. The Balaban J connectivity index is 2.50. The van der Waals surface area contributed by atoms with Crippen LogP contribution in [0, 0.1) is 11.6 Å². The summed E-state index contributed by atoms with van der Waals surface area (Å²) in [5.74, 6) is -0.810. The highest BCUT2D eigenvalue weighted by molar-refractivity contribution is 7.15. The largest absolute Gasteiger partial charge is 0.244 e. The fraction of sp³-hybridized carbons (Fsp3) is 0.250. The molecule has 0 unspecified atom stereocenters. The van der Waals surface area contributed by atoms with E-state index in [1.807, 2.05) is 13.8 Å². The van der Waals surface area contributed by atoms with Gasteiger partial charge < -0.3 is 0 Å². The second-order valence-corrected chi connectivity index (χ2v) is 4.88. The van der Waals surface area contributed by atoms with E-state index in [9.17, 15) is 8.78 Å². The molecule has 84 valence electrons. The first-order valence-electron chi connectivity index (χ1n) is 4.99. The molecule has 0 aliphatic rings. The topological polar surface area (TPSA) is 12.9 Å². The molecule has 1 nitrogen and oxygen atoms in total. The fourth-order valence-electron chi connectivity index (χ4n) is 1.37. The third kappa shape index (κ3) is 1.97. The minimum atomic E-state index is -0.565. The van der Waals surface area contributed by atoms with Crippen molar-refractivity contribution in [3.8, 4) is 10.6 Å². The van der Waals surface area contributed by atoms with E-state index in [4.69, 9.17) is 0 Å².